The summed E-state index contributed by atoms with van der Waals surface area (Å²) in [7, 11) is 1.62. The van der Waals surface area contributed by atoms with Crippen LogP contribution in [0.3, 0.4) is 0 Å². The van der Waals surface area contributed by atoms with Crippen LogP contribution in [0.4, 0.5) is 4.79 Å². The molecule has 0 spiro atoms. The summed E-state index contributed by atoms with van der Waals surface area (Å²) in [6, 6.07) is 41.5. The van der Waals surface area contributed by atoms with Gasteiger partial charge < -0.3 is 9.47 Å². The van der Waals surface area contributed by atoms with Crippen LogP contribution in [0, 0.1) is 5.92 Å². The van der Waals surface area contributed by atoms with Crippen LogP contribution in [-0.4, -0.2) is 36.7 Å². The molecule has 5 aromatic rings. The molecule has 1 unspecified atom stereocenters. The van der Waals surface area contributed by atoms with E-state index in [2.05, 4.69) is 48.5 Å². The first-order chi connectivity index (χ1) is 26.3. The van der Waals surface area contributed by atoms with Crippen LogP contribution in [0.2, 0.25) is 5.02 Å². The van der Waals surface area contributed by atoms with E-state index in [0.29, 0.717) is 16.5 Å². The molecule has 0 aliphatic heterocycles. The number of hydrogen-bond acceptors (Lipinski definition) is 4. The lowest BCUT2D eigenvalue weighted by molar-refractivity contribution is -0.160. The van der Waals surface area contributed by atoms with Gasteiger partial charge in [-0.3, -0.25) is 4.90 Å². The molecule has 54 heavy (non-hydrogen) atoms. The van der Waals surface area contributed by atoms with Gasteiger partial charge in [0.05, 0.1) is 0 Å². The third-order valence-corrected chi connectivity index (χ3v) is 11.8. The lowest BCUT2D eigenvalue weighted by Gasteiger charge is -2.39. The molecule has 278 valence electrons. The Kier molecular flexibility index (Phi) is 11.5. The summed E-state index contributed by atoms with van der Waals surface area (Å²) in [6.45, 7) is 3.99. The van der Waals surface area contributed by atoms with Crippen molar-refractivity contribution in [3.8, 4) is 11.1 Å². The summed E-state index contributed by atoms with van der Waals surface area (Å²) in [5.74, 6) is -0.432. The van der Waals surface area contributed by atoms with Gasteiger partial charge in [0.2, 0.25) is 0 Å². The standard InChI is InChI=1S/C48H50ClNO4/c1-33(2)45(50(3)47(52)53-32-42-40-24-14-12-22-38(40)39-23-13-15-25-41(39)42)46(51)54-48(36-20-10-7-11-21-36,43-26-16-17-27-44(43)49)37-30-28-35(29-31-37)34-18-8-5-4-6-9-19-34/h7,10-17,20-31,33-34,42,45H,4-6,8-9,18-19,32H2,1-3H3/t45-,48?/m0/s1. The number of carbonyl (C=O) groups excluding carboxylic acids is 2. The molecule has 7 rings (SSSR count). The molecule has 0 aromatic heterocycles. The van der Waals surface area contributed by atoms with Gasteiger partial charge in [0.15, 0.2) is 5.60 Å². The normalized spacial score (nSPS) is 16.3. The predicted octanol–water partition coefficient (Wildman–Crippen LogP) is 11.9. The number of ether oxygens (including phenoxy) is 2. The van der Waals surface area contributed by atoms with Crippen molar-refractivity contribution in [1.29, 1.82) is 0 Å². The van der Waals surface area contributed by atoms with E-state index in [9.17, 15) is 9.59 Å². The Balaban J connectivity index is 1.21. The summed E-state index contributed by atoms with van der Waals surface area (Å²) in [5.41, 5.74) is 6.67. The molecule has 0 bridgehead atoms. The van der Waals surface area contributed by atoms with Gasteiger partial charge in [-0.05, 0) is 58.6 Å². The smallest absolute Gasteiger partial charge is 0.410 e. The minimum Gasteiger partial charge on any atom is -0.448 e. The number of carbonyl (C=O) groups is 2. The lowest BCUT2D eigenvalue weighted by Crippen LogP contribution is -2.49. The number of fused-ring (bicyclic) bond motifs is 3. The van der Waals surface area contributed by atoms with Gasteiger partial charge in [0, 0.05) is 34.7 Å². The van der Waals surface area contributed by atoms with Crippen LogP contribution < -0.4 is 0 Å². The van der Waals surface area contributed by atoms with Crippen molar-refractivity contribution in [1.82, 2.24) is 4.90 Å². The minimum atomic E-state index is -1.40. The largest absolute Gasteiger partial charge is 0.448 e. The molecule has 2 aliphatic rings. The van der Waals surface area contributed by atoms with Gasteiger partial charge in [-0.2, -0.15) is 0 Å². The first-order valence-corrected chi connectivity index (χ1v) is 19.9. The molecule has 0 heterocycles. The van der Waals surface area contributed by atoms with E-state index in [4.69, 9.17) is 21.1 Å². The second-order valence-corrected chi connectivity index (χ2v) is 15.6. The Labute approximate surface area is 325 Å². The molecule has 2 aliphatic carbocycles. The van der Waals surface area contributed by atoms with Gasteiger partial charge in [-0.25, -0.2) is 9.59 Å². The number of hydrogen-bond donors (Lipinski definition) is 0. The van der Waals surface area contributed by atoms with E-state index in [1.165, 1.54) is 55.4 Å². The molecule has 0 N–H and O–H groups in total. The maximum atomic E-state index is 14.8. The van der Waals surface area contributed by atoms with Crippen LogP contribution in [0.15, 0.2) is 127 Å². The number of likely N-dealkylation sites (N-methyl/N-ethyl adjacent to an activating group) is 1. The first kappa shape index (κ1) is 37.4. The van der Waals surface area contributed by atoms with Crippen molar-refractivity contribution in [2.24, 2.45) is 5.92 Å². The summed E-state index contributed by atoms with van der Waals surface area (Å²) in [5, 5.41) is 0.476. The zero-order chi connectivity index (χ0) is 37.7. The Morgan fingerprint density at radius 3 is 1.85 bits per heavy atom. The minimum absolute atomic E-state index is 0.101. The molecular weight excluding hydrogens is 690 g/mol. The van der Waals surface area contributed by atoms with E-state index in [1.807, 2.05) is 92.7 Å². The second-order valence-electron chi connectivity index (χ2n) is 15.2. The van der Waals surface area contributed by atoms with Crippen LogP contribution in [0.5, 0.6) is 0 Å². The Bertz CT molecular complexity index is 2010. The second kappa shape index (κ2) is 16.7. The van der Waals surface area contributed by atoms with Crippen LogP contribution in [-0.2, 0) is 19.9 Å². The molecule has 1 amide bonds. The van der Waals surface area contributed by atoms with Crippen molar-refractivity contribution < 1.29 is 19.1 Å². The van der Waals surface area contributed by atoms with E-state index in [1.54, 1.807) is 7.05 Å². The third kappa shape index (κ3) is 7.44. The lowest BCUT2D eigenvalue weighted by atomic mass is 9.78. The highest BCUT2D eigenvalue weighted by atomic mass is 35.5. The highest BCUT2D eigenvalue weighted by molar-refractivity contribution is 6.31. The fourth-order valence-corrected chi connectivity index (χ4v) is 9.02. The number of esters is 1. The highest BCUT2D eigenvalue weighted by Crippen LogP contribution is 2.46. The Morgan fingerprint density at radius 2 is 1.24 bits per heavy atom. The third-order valence-electron chi connectivity index (χ3n) is 11.5. The summed E-state index contributed by atoms with van der Waals surface area (Å²) < 4.78 is 12.9. The molecule has 0 saturated heterocycles. The van der Waals surface area contributed by atoms with E-state index in [-0.39, 0.29) is 18.4 Å². The first-order valence-electron chi connectivity index (χ1n) is 19.5. The summed E-state index contributed by atoms with van der Waals surface area (Å²) >= 11 is 7.03. The van der Waals surface area contributed by atoms with Gasteiger partial charge in [-0.1, -0.05) is 179 Å². The molecular formula is C48H50ClNO4. The number of amides is 1. The van der Waals surface area contributed by atoms with Crippen molar-refractivity contribution >= 4 is 23.7 Å². The average Bonchev–Trinajstić information content (AvgIpc) is 3.50. The van der Waals surface area contributed by atoms with E-state index in [0.717, 1.165) is 33.4 Å². The monoisotopic (exact) mass is 739 g/mol. The summed E-state index contributed by atoms with van der Waals surface area (Å²) in [4.78, 5) is 30.1. The number of rotatable bonds is 10. The SMILES string of the molecule is CC(C)[C@@H](C(=O)OC(c1ccccc1)(c1ccc(C2CCCCCCC2)cc1)c1ccccc1Cl)N(C)C(=O)OCC1c2ccccc2-c2ccccc21. The zero-order valence-electron chi connectivity index (χ0n) is 31.5. The molecule has 5 nitrogen and oxygen atoms in total. The van der Waals surface area contributed by atoms with Crippen molar-refractivity contribution in [3.63, 3.8) is 0 Å². The molecule has 0 radical (unpaired) electrons. The predicted molar refractivity (Wildman–Crippen MR) is 217 cm³/mol. The van der Waals surface area contributed by atoms with Gasteiger partial charge in [-0.15, -0.1) is 0 Å². The van der Waals surface area contributed by atoms with Gasteiger partial charge in [0.25, 0.3) is 0 Å². The Morgan fingerprint density at radius 1 is 0.704 bits per heavy atom. The maximum absolute atomic E-state index is 14.8. The van der Waals surface area contributed by atoms with E-state index >= 15 is 0 Å². The zero-order valence-corrected chi connectivity index (χ0v) is 32.3. The van der Waals surface area contributed by atoms with Crippen molar-refractivity contribution in [2.45, 2.75) is 82.3 Å². The topological polar surface area (TPSA) is 55.8 Å². The molecule has 1 saturated carbocycles. The fourth-order valence-electron chi connectivity index (χ4n) is 8.75. The van der Waals surface area contributed by atoms with Gasteiger partial charge in [0.1, 0.15) is 12.6 Å². The number of nitrogens with zero attached hydrogens (tertiary/aromatic N) is 1. The van der Waals surface area contributed by atoms with Crippen LogP contribution in [0.1, 0.15) is 104 Å². The van der Waals surface area contributed by atoms with Gasteiger partial charge >= 0.3 is 12.1 Å². The maximum Gasteiger partial charge on any atom is 0.410 e. The average molecular weight is 740 g/mol. The Hall–Kier alpha value is -4.87. The fraction of sp³-hybridized carbons (Fsp3) is 0.333. The molecule has 1 fully saturated rings. The molecule has 2 atom stereocenters. The van der Waals surface area contributed by atoms with Crippen molar-refractivity contribution in [2.75, 3.05) is 13.7 Å². The van der Waals surface area contributed by atoms with E-state index < -0.39 is 23.7 Å². The molecule has 5 aromatic carbocycles. The number of halogens is 1. The van der Waals surface area contributed by atoms with Crippen LogP contribution >= 0.6 is 11.6 Å². The van der Waals surface area contributed by atoms with Crippen LogP contribution in [0.25, 0.3) is 11.1 Å². The highest BCUT2D eigenvalue weighted by Gasteiger charge is 2.45. The quantitative estimate of drug-likeness (QED) is 0.106. The summed E-state index contributed by atoms with van der Waals surface area (Å²) in [6.07, 6.45) is 8.16. The van der Waals surface area contributed by atoms with Crippen molar-refractivity contribution in [3.05, 3.63) is 166 Å². The number of benzene rings is 5. The molecule has 6 heteroatoms.